The van der Waals surface area contributed by atoms with Crippen molar-refractivity contribution in [1.29, 1.82) is 0 Å². The summed E-state index contributed by atoms with van der Waals surface area (Å²) in [6.07, 6.45) is 4.54. The topological polar surface area (TPSA) is 57.6 Å². The molecule has 0 radical (unpaired) electrons. The maximum atomic E-state index is 12.4. The van der Waals surface area contributed by atoms with Crippen LogP contribution in [0.25, 0.3) is 6.08 Å². The van der Waals surface area contributed by atoms with Crippen molar-refractivity contribution in [3.05, 3.63) is 149 Å². The highest BCUT2D eigenvalue weighted by Crippen LogP contribution is 2.30. The Bertz CT molecular complexity index is 1470. The van der Waals surface area contributed by atoms with Crippen molar-refractivity contribution in [1.82, 2.24) is 0 Å². The van der Waals surface area contributed by atoms with Gasteiger partial charge in [-0.05, 0) is 78.9 Å². The Labute approximate surface area is 236 Å². The molecule has 4 aromatic carbocycles. The van der Waals surface area contributed by atoms with E-state index >= 15 is 0 Å². The number of benzene rings is 4. The molecule has 0 aromatic heterocycles. The molecular formula is C36H35NO3. The molecule has 0 aliphatic carbocycles. The lowest BCUT2D eigenvalue weighted by Gasteiger charge is -2.26. The number of aryl methyl sites for hydroxylation is 3. The molecule has 0 aliphatic heterocycles. The summed E-state index contributed by atoms with van der Waals surface area (Å²) in [5.41, 5.74) is 8.18. The lowest BCUT2D eigenvalue weighted by Crippen LogP contribution is -2.17. The minimum atomic E-state index is -1.22. The average Bonchev–Trinajstić information content (AvgIpc) is 2.97. The molecule has 1 unspecified atom stereocenters. The normalized spacial score (nSPS) is 11.8. The number of hydrogen-bond donors (Lipinski definition) is 1. The summed E-state index contributed by atoms with van der Waals surface area (Å²) in [6, 6.07) is 32.0. The predicted molar refractivity (Wildman–Crippen MR) is 164 cm³/mol. The number of nitrogens with zero attached hydrogens (tertiary/aromatic N) is 1. The fourth-order valence-corrected chi connectivity index (χ4v) is 4.73. The van der Waals surface area contributed by atoms with Crippen LogP contribution in [0.5, 0.6) is 0 Å². The molecule has 1 atom stereocenters. The van der Waals surface area contributed by atoms with Crippen molar-refractivity contribution < 1.29 is 14.7 Å². The van der Waals surface area contributed by atoms with E-state index in [9.17, 15) is 14.7 Å². The van der Waals surface area contributed by atoms with E-state index in [-0.39, 0.29) is 5.78 Å². The van der Waals surface area contributed by atoms with Gasteiger partial charge in [-0.2, -0.15) is 0 Å². The molecule has 0 saturated heterocycles. The van der Waals surface area contributed by atoms with Gasteiger partial charge in [0.2, 0.25) is 0 Å². The molecule has 0 aliphatic rings. The third kappa shape index (κ3) is 7.75. The van der Waals surface area contributed by atoms with Crippen molar-refractivity contribution in [3.8, 4) is 0 Å². The van der Waals surface area contributed by atoms with Crippen LogP contribution in [0.1, 0.15) is 45.9 Å². The number of aliphatic hydroxyl groups excluding tert-OH is 1. The largest absolute Gasteiger partial charge is 0.380 e. The van der Waals surface area contributed by atoms with Gasteiger partial charge >= 0.3 is 0 Å². The van der Waals surface area contributed by atoms with Crippen LogP contribution in [0.4, 0.5) is 11.4 Å². The number of allylic oxidation sites excluding steroid dienone is 1. The molecule has 1 N–H and O–H groups in total. The van der Waals surface area contributed by atoms with Crippen LogP contribution in [0.3, 0.4) is 0 Å². The van der Waals surface area contributed by atoms with E-state index < -0.39 is 11.9 Å². The van der Waals surface area contributed by atoms with Crippen molar-refractivity contribution in [2.75, 3.05) is 4.90 Å². The van der Waals surface area contributed by atoms with Gasteiger partial charge in [0.05, 0.1) is 0 Å². The van der Waals surface area contributed by atoms with Crippen LogP contribution < -0.4 is 4.90 Å². The first-order chi connectivity index (χ1) is 19.3. The van der Waals surface area contributed by atoms with E-state index in [1.807, 2.05) is 48.5 Å². The van der Waals surface area contributed by atoms with Gasteiger partial charge < -0.3 is 10.0 Å². The number of ketones is 2. The molecule has 40 heavy (non-hydrogen) atoms. The predicted octanol–water partition coefficient (Wildman–Crippen LogP) is 7.65. The van der Waals surface area contributed by atoms with Crippen LogP contribution in [0, 0.1) is 13.8 Å². The quantitative estimate of drug-likeness (QED) is 0.192. The smallest absolute Gasteiger partial charge is 0.188 e. The van der Waals surface area contributed by atoms with E-state index in [4.69, 9.17) is 0 Å². The van der Waals surface area contributed by atoms with Gasteiger partial charge in [0.15, 0.2) is 11.6 Å². The maximum Gasteiger partial charge on any atom is 0.188 e. The van der Waals surface area contributed by atoms with Gasteiger partial charge in [-0.15, -0.1) is 0 Å². The Balaban J connectivity index is 1.52. The monoisotopic (exact) mass is 529 g/mol. The molecule has 0 saturated carbocycles. The number of rotatable bonds is 12. The van der Waals surface area contributed by atoms with Gasteiger partial charge in [-0.25, -0.2) is 0 Å². The molecule has 4 aromatic rings. The van der Waals surface area contributed by atoms with Crippen molar-refractivity contribution in [3.63, 3.8) is 0 Å². The summed E-state index contributed by atoms with van der Waals surface area (Å²) in [4.78, 5) is 26.5. The lowest BCUT2D eigenvalue weighted by molar-refractivity contribution is -0.122. The van der Waals surface area contributed by atoms with Gasteiger partial charge in [-0.1, -0.05) is 96.6 Å². The molecule has 0 bridgehead atoms. The van der Waals surface area contributed by atoms with Gasteiger partial charge in [0.25, 0.3) is 0 Å². The molecule has 0 heterocycles. The van der Waals surface area contributed by atoms with Crippen LogP contribution >= 0.6 is 0 Å². The first-order valence-corrected chi connectivity index (χ1v) is 13.5. The fourth-order valence-electron chi connectivity index (χ4n) is 4.73. The number of carbonyl (C=O) groups excluding carboxylic acids is 2. The molecule has 4 heteroatoms. The first-order valence-electron chi connectivity index (χ1n) is 13.5. The molecule has 202 valence electrons. The summed E-state index contributed by atoms with van der Waals surface area (Å²) in [5, 5.41) is 10.3. The fraction of sp³-hybridized carbons (Fsp3) is 0.167. The first kappa shape index (κ1) is 28.5. The third-order valence-corrected chi connectivity index (χ3v) is 6.78. The molecule has 4 rings (SSSR count). The Morgan fingerprint density at radius 3 is 2.02 bits per heavy atom. The average molecular weight is 530 g/mol. The standard InChI is InChI=1S/C36H35NO3/c1-4-35(39)36(40)31-14-18-33(19-15-31)37(25-30-23-26(2)22-27(3)24-30)32-16-10-29(11-17-32)13-21-34(38)20-12-28-8-6-5-7-9-28/h4-12,14-20,22-24,36,40H,1,13,21,25H2,2-3H3. The van der Waals surface area contributed by atoms with Crippen LogP contribution in [0.15, 0.2) is 116 Å². The zero-order chi connectivity index (χ0) is 28.5. The van der Waals surface area contributed by atoms with E-state index in [1.54, 1.807) is 18.2 Å². The summed E-state index contributed by atoms with van der Waals surface area (Å²) < 4.78 is 0. The zero-order valence-electron chi connectivity index (χ0n) is 23.1. The third-order valence-electron chi connectivity index (χ3n) is 6.78. The Morgan fingerprint density at radius 1 is 0.825 bits per heavy atom. The van der Waals surface area contributed by atoms with Gasteiger partial charge in [0, 0.05) is 24.3 Å². The van der Waals surface area contributed by atoms with Gasteiger partial charge in [0.1, 0.15) is 6.10 Å². The minimum Gasteiger partial charge on any atom is -0.380 e. The summed E-state index contributed by atoms with van der Waals surface area (Å²) in [6.45, 7) is 8.31. The van der Waals surface area contributed by atoms with Crippen molar-refractivity contribution >= 4 is 29.0 Å². The van der Waals surface area contributed by atoms with E-state index in [0.29, 0.717) is 24.9 Å². The van der Waals surface area contributed by atoms with Gasteiger partial charge in [-0.3, -0.25) is 9.59 Å². The van der Waals surface area contributed by atoms with Crippen LogP contribution in [-0.4, -0.2) is 16.7 Å². The molecule has 0 spiro atoms. The highest BCUT2D eigenvalue weighted by molar-refractivity contribution is 5.94. The SMILES string of the molecule is C=CC(=O)C(O)c1ccc(N(Cc2cc(C)cc(C)c2)c2ccc(CCC(=O)C=Cc3ccccc3)cc2)cc1. The molecule has 0 amide bonds. The van der Waals surface area contributed by atoms with E-state index in [2.05, 4.69) is 67.8 Å². The van der Waals surface area contributed by atoms with Crippen LogP contribution in [-0.2, 0) is 22.6 Å². The van der Waals surface area contributed by atoms with E-state index in [1.165, 1.54) is 16.7 Å². The number of anilines is 2. The summed E-state index contributed by atoms with van der Waals surface area (Å²) in [5.74, 6) is -0.328. The van der Waals surface area contributed by atoms with E-state index in [0.717, 1.165) is 28.6 Å². The summed E-state index contributed by atoms with van der Waals surface area (Å²) >= 11 is 0. The Hall–Kier alpha value is -4.54. The second-order valence-electron chi connectivity index (χ2n) is 10.1. The second-order valence-corrected chi connectivity index (χ2v) is 10.1. The molecule has 0 fully saturated rings. The second kappa shape index (κ2) is 13.5. The number of aliphatic hydroxyl groups is 1. The summed E-state index contributed by atoms with van der Waals surface area (Å²) in [7, 11) is 0. The van der Waals surface area contributed by atoms with Crippen LogP contribution in [0.2, 0.25) is 0 Å². The Kier molecular flexibility index (Phi) is 9.61. The highest BCUT2D eigenvalue weighted by atomic mass is 16.3. The number of carbonyl (C=O) groups is 2. The zero-order valence-corrected chi connectivity index (χ0v) is 23.1. The molecule has 4 nitrogen and oxygen atoms in total. The maximum absolute atomic E-state index is 12.4. The lowest BCUT2D eigenvalue weighted by atomic mass is 10.0. The highest BCUT2D eigenvalue weighted by Gasteiger charge is 2.16. The van der Waals surface area contributed by atoms with Crippen molar-refractivity contribution in [2.24, 2.45) is 0 Å². The number of hydrogen-bond acceptors (Lipinski definition) is 4. The minimum absolute atomic E-state index is 0.0987. The Morgan fingerprint density at radius 2 is 1.43 bits per heavy atom. The van der Waals surface area contributed by atoms with Crippen molar-refractivity contribution in [2.45, 2.75) is 39.3 Å². The molecular weight excluding hydrogens is 494 g/mol.